The Bertz CT molecular complexity index is 934. The van der Waals surface area contributed by atoms with Gasteiger partial charge in [-0.05, 0) is 48.9 Å². The molecular weight excluding hydrogens is 416 g/mol. The van der Waals surface area contributed by atoms with E-state index in [4.69, 9.17) is 16.3 Å². The molecule has 0 saturated carbocycles. The van der Waals surface area contributed by atoms with Crippen LogP contribution in [0.5, 0.6) is 0 Å². The summed E-state index contributed by atoms with van der Waals surface area (Å²) < 4.78 is 59.6. The summed E-state index contributed by atoms with van der Waals surface area (Å²) in [6.45, 7) is -0.116. The van der Waals surface area contributed by atoms with E-state index in [2.05, 4.69) is 10.6 Å². The second-order valence-electron chi connectivity index (χ2n) is 6.40. The summed E-state index contributed by atoms with van der Waals surface area (Å²) in [6, 6.07) is 8.45. The number of alkyl halides is 3. The number of fused-ring (bicyclic) bond motifs is 1. The van der Waals surface area contributed by atoms with E-state index in [-0.39, 0.29) is 34.8 Å². The lowest BCUT2D eigenvalue weighted by Gasteiger charge is -2.39. The Balaban J connectivity index is 1.76. The predicted molar refractivity (Wildman–Crippen MR) is 97.3 cm³/mol. The molecule has 2 aromatic rings. The number of nitrogens with one attached hydrogen (secondary N) is 2. The SMILES string of the molecule is O=C1Nc2ccc(Cl)cc2C(CCCNC(=O)c2ccc(F)cc2)(C(F)(F)F)O1. The second-order valence-corrected chi connectivity index (χ2v) is 6.83. The van der Waals surface area contributed by atoms with Gasteiger partial charge in [-0.25, -0.2) is 9.18 Å². The number of benzene rings is 2. The fraction of sp³-hybridized carbons (Fsp3) is 0.263. The minimum absolute atomic E-state index is 0.0432. The maximum absolute atomic E-state index is 14.0. The van der Waals surface area contributed by atoms with E-state index in [0.29, 0.717) is 0 Å². The molecule has 2 amide bonds. The number of anilines is 1. The Morgan fingerprint density at radius 2 is 1.86 bits per heavy atom. The zero-order chi connectivity index (χ0) is 21.2. The van der Waals surface area contributed by atoms with Gasteiger partial charge in [-0.2, -0.15) is 13.2 Å². The molecule has 5 nitrogen and oxygen atoms in total. The Morgan fingerprint density at radius 1 is 1.17 bits per heavy atom. The molecule has 0 aliphatic carbocycles. The van der Waals surface area contributed by atoms with Crippen molar-refractivity contribution in [2.24, 2.45) is 0 Å². The fourth-order valence-electron chi connectivity index (χ4n) is 3.09. The monoisotopic (exact) mass is 430 g/mol. The molecule has 0 fully saturated rings. The maximum Gasteiger partial charge on any atom is 0.432 e. The summed E-state index contributed by atoms with van der Waals surface area (Å²) in [4.78, 5) is 23.8. The van der Waals surface area contributed by atoms with Gasteiger partial charge in [0, 0.05) is 29.1 Å². The second kappa shape index (κ2) is 7.90. The van der Waals surface area contributed by atoms with Gasteiger partial charge in [0.15, 0.2) is 0 Å². The topological polar surface area (TPSA) is 67.4 Å². The molecule has 2 N–H and O–H groups in total. The Kier molecular flexibility index (Phi) is 5.70. The molecule has 10 heteroatoms. The minimum atomic E-state index is -4.91. The summed E-state index contributed by atoms with van der Waals surface area (Å²) in [5, 5.41) is 4.75. The average molecular weight is 431 g/mol. The largest absolute Gasteiger partial charge is 0.432 e. The van der Waals surface area contributed by atoms with E-state index in [9.17, 15) is 27.2 Å². The van der Waals surface area contributed by atoms with Gasteiger partial charge < -0.3 is 10.1 Å². The molecule has 1 atom stereocenters. The first-order chi connectivity index (χ1) is 13.6. The number of carbonyl (C=O) groups excluding carboxylic acids is 2. The lowest BCUT2D eigenvalue weighted by molar-refractivity contribution is -0.267. The third-order valence-corrected chi connectivity index (χ3v) is 4.71. The Labute approximate surface area is 168 Å². The van der Waals surface area contributed by atoms with Crippen LogP contribution in [0.25, 0.3) is 0 Å². The number of hydrogen-bond donors (Lipinski definition) is 2. The van der Waals surface area contributed by atoms with Crippen molar-refractivity contribution in [3.05, 3.63) is 64.4 Å². The highest BCUT2D eigenvalue weighted by Crippen LogP contribution is 2.50. The molecule has 1 unspecified atom stereocenters. The van der Waals surface area contributed by atoms with Gasteiger partial charge in [0.25, 0.3) is 5.91 Å². The van der Waals surface area contributed by atoms with Crippen molar-refractivity contribution in [2.45, 2.75) is 24.6 Å². The van der Waals surface area contributed by atoms with Crippen LogP contribution in [0, 0.1) is 5.82 Å². The van der Waals surface area contributed by atoms with Crippen LogP contribution in [-0.4, -0.2) is 24.7 Å². The zero-order valence-corrected chi connectivity index (χ0v) is 15.5. The van der Waals surface area contributed by atoms with E-state index in [1.807, 2.05) is 0 Å². The Hall–Kier alpha value is -2.81. The van der Waals surface area contributed by atoms with Crippen molar-refractivity contribution in [3.8, 4) is 0 Å². The molecule has 29 heavy (non-hydrogen) atoms. The highest BCUT2D eigenvalue weighted by Gasteiger charge is 2.61. The van der Waals surface area contributed by atoms with Crippen LogP contribution in [-0.2, 0) is 10.3 Å². The Morgan fingerprint density at radius 3 is 2.52 bits per heavy atom. The van der Waals surface area contributed by atoms with Gasteiger partial charge in [-0.1, -0.05) is 11.6 Å². The van der Waals surface area contributed by atoms with Crippen LogP contribution in [0.15, 0.2) is 42.5 Å². The number of rotatable bonds is 5. The molecule has 1 aliphatic rings. The van der Waals surface area contributed by atoms with Crippen molar-refractivity contribution in [2.75, 3.05) is 11.9 Å². The van der Waals surface area contributed by atoms with Gasteiger partial charge in [-0.3, -0.25) is 10.1 Å². The molecule has 0 radical (unpaired) electrons. The summed E-state index contributed by atoms with van der Waals surface area (Å²) in [7, 11) is 0. The fourth-order valence-corrected chi connectivity index (χ4v) is 3.26. The molecule has 154 valence electrons. The van der Waals surface area contributed by atoms with Gasteiger partial charge in [-0.15, -0.1) is 0 Å². The molecule has 0 spiro atoms. The van der Waals surface area contributed by atoms with Gasteiger partial charge >= 0.3 is 12.3 Å². The first-order valence-electron chi connectivity index (χ1n) is 8.53. The quantitative estimate of drug-likeness (QED) is 0.517. The lowest BCUT2D eigenvalue weighted by atomic mass is 9.85. The molecular formula is C19H15ClF4N2O3. The average Bonchev–Trinajstić information content (AvgIpc) is 2.65. The number of amides is 2. The molecule has 1 heterocycles. The molecule has 0 aromatic heterocycles. The van der Waals surface area contributed by atoms with Crippen molar-refractivity contribution in [1.82, 2.24) is 5.32 Å². The van der Waals surface area contributed by atoms with Gasteiger partial charge in [0.2, 0.25) is 5.60 Å². The summed E-state index contributed by atoms with van der Waals surface area (Å²) in [5.41, 5.74) is -3.07. The number of hydrogen-bond acceptors (Lipinski definition) is 3. The third-order valence-electron chi connectivity index (χ3n) is 4.48. The molecule has 3 rings (SSSR count). The van der Waals surface area contributed by atoms with Crippen molar-refractivity contribution in [1.29, 1.82) is 0 Å². The van der Waals surface area contributed by atoms with E-state index < -0.39 is 36.0 Å². The minimum Gasteiger partial charge on any atom is -0.428 e. The standard InChI is InChI=1S/C19H15ClF4N2O3/c20-12-4-7-15-14(10-12)18(19(22,23)24,29-17(28)26-15)8-1-9-25-16(27)11-2-5-13(21)6-3-11/h2-7,10H,1,8-9H2,(H,25,27)(H,26,28). The van der Waals surface area contributed by atoms with Crippen LogP contribution in [0.1, 0.15) is 28.8 Å². The van der Waals surface area contributed by atoms with E-state index in [1.165, 1.54) is 24.3 Å². The first kappa shape index (κ1) is 20.9. The van der Waals surface area contributed by atoms with Crippen LogP contribution in [0.2, 0.25) is 5.02 Å². The summed E-state index contributed by atoms with van der Waals surface area (Å²) in [6.07, 6.45) is -6.91. The number of carbonyl (C=O) groups is 2. The van der Waals surface area contributed by atoms with Crippen molar-refractivity contribution in [3.63, 3.8) is 0 Å². The third kappa shape index (κ3) is 4.29. The van der Waals surface area contributed by atoms with E-state index >= 15 is 0 Å². The maximum atomic E-state index is 14.0. The van der Waals surface area contributed by atoms with Crippen LogP contribution in [0.3, 0.4) is 0 Å². The molecule has 1 aliphatic heterocycles. The first-order valence-corrected chi connectivity index (χ1v) is 8.91. The summed E-state index contributed by atoms with van der Waals surface area (Å²) >= 11 is 5.85. The number of cyclic esters (lactones) is 1. The highest BCUT2D eigenvalue weighted by molar-refractivity contribution is 6.30. The number of ether oxygens (including phenoxy) is 1. The predicted octanol–water partition coefficient (Wildman–Crippen LogP) is 5.01. The van der Waals surface area contributed by atoms with Crippen LogP contribution < -0.4 is 10.6 Å². The van der Waals surface area contributed by atoms with Crippen LogP contribution in [0.4, 0.5) is 28.0 Å². The van der Waals surface area contributed by atoms with Crippen molar-refractivity contribution >= 4 is 29.3 Å². The van der Waals surface area contributed by atoms with Crippen LogP contribution >= 0.6 is 11.6 Å². The van der Waals surface area contributed by atoms with Crippen molar-refractivity contribution < 1.29 is 31.9 Å². The smallest absolute Gasteiger partial charge is 0.428 e. The van der Waals surface area contributed by atoms with Gasteiger partial charge in [0.1, 0.15) is 5.82 Å². The molecule has 0 bridgehead atoms. The lowest BCUT2D eigenvalue weighted by Crippen LogP contribution is -2.50. The summed E-state index contributed by atoms with van der Waals surface area (Å²) in [5.74, 6) is -1.07. The van der Waals surface area contributed by atoms with Gasteiger partial charge in [0.05, 0.1) is 5.69 Å². The molecule has 2 aromatic carbocycles. The molecule has 0 saturated heterocycles. The van der Waals surface area contributed by atoms with E-state index in [1.54, 1.807) is 0 Å². The zero-order valence-electron chi connectivity index (χ0n) is 14.8. The van der Waals surface area contributed by atoms with E-state index in [0.717, 1.165) is 18.2 Å². The highest BCUT2D eigenvalue weighted by atomic mass is 35.5. The number of halogens is 5. The normalized spacial score (nSPS) is 18.4.